The number of hydrogen-bond donors (Lipinski definition) is 2. The van der Waals surface area contributed by atoms with Gasteiger partial charge in [0.1, 0.15) is 38.5 Å². The Morgan fingerprint density at radius 2 is 1.81 bits per heavy atom. The minimum absolute atomic E-state index is 0.116. The maximum atomic E-state index is 13.0. The molecule has 1 fully saturated rings. The van der Waals surface area contributed by atoms with Gasteiger partial charge in [0, 0.05) is 5.56 Å². The summed E-state index contributed by atoms with van der Waals surface area (Å²) in [5, 5.41) is 0. The Bertz CT molecular complexity index is 332. The van der Waals surface area contributed by atoms with Crippen LogP contribution in [0.1, 0.15) is 12.5 Å². The smallest absolute Gasteiger partial charge is 0.127 e. The van der Waals surface area contributed by atoms with E-state index in [-0.39, 0.29) is 5.82 Å². The average molecular weight is 224 g/mol. The molecule has 1 aromatic rings. The van der Waals surface area contributed by atoms with Crippen LogP contribution in [0.2, 0.25) is 0 Å². The van der Waals surface area contributed by atoms with Crippen molar-refractivity contribution in [2.75, 3.05) is 32.7 Å². The van der Waals surface area contributed by atoms with Crippen molar-refractivity contribution in [2.24, 2.45) is 0 Å². The fourth-order valence-corrected chi connectivity index (χ4v) is 2.42. The van der Waals surface area contributed by atoms with E-state index in [4.69, 9.17) is 0 Å². The minimum Gasteiger partial charge on any atom is -0.326 e. The van der Waals surface area contributed by atoms with Gasteiger partial charge in [-0.1, -0.05) is 12.1 Å². The Balaban J connectivity index is 1.87. The molecule has 2 nitrogen and oxygen atoms in total. The highest BCUT2D eigenvalue weighted by atomic mass is 19.1. The van der Waals surface area contributed by atoms with Crippen molar-refractivity contribution < 1.29 is 14.2 Å². The van der Waals surface area contributed by atoms with Crippen LogP contribution < -0.4 is 9.80 Å². The number of piperazine rings is 1. The number of rotatable bonds is 3. The summed E-state index contributed by atoms with van der Waals surface area (Å²) in [6, 6.07) is 7.00. The predicted molar refractivity (Wildman–Crippen MR) is 62.0 cm³/mol. The van der Waals surface area contributed by atoms with Gasteiger partial charge in [-0.2, -0.15) is 0 Å². The van der Waals surface area contributed by atoms with Crippen LogP contribution in [0, 0.1) is 5.82 Å². The van der Waals surface area contributed by atoms with Gasteiger partial charge in [0.15, 0.2) is 0 Å². The molecule has 16 heavy (non-hydrogen) atoms. The number of halogens is 1. The summed E-state index contributed by atoms with van der Waals surface area (Å²) in [4.78, 5) is 3.28. The molecule has 1 heterocycles. The van der Waals surface area contributed by atoms with Crippen molar-refractivity contribution >= 4 is 0 Å². The Morgan fingerprint density at radius 1 is 1.12 bits per heavy atom. The molecule has 2 N–H and O–H groups in total. The predicted octanol–water partition coefficient (Wildman–Crippen LogP) is -0.871. The quantitative estimate of drug-likeness (QED) is 0.660. The Kier molecular flexibility index (Phi) is 3.91. The zero-order valence-electron chi connectivity index (χ0n) is 9.93. The Labute approximate surface area is 96.7 Å². The van der Waals surface area contributed by atoms with E-state index < -0.39 is 0 Å². The van der Waals surface area contributed by atoms with Crippen LogP contribution >= 0.6 is 0 Å². The summed E-state index contributed by atoms with van der Waals surface area (Å²) in [7, 11) is 0. The van der Waals surface area contributed by atoms with Gasteiger partial charge < -0.3 is 9.80 Å². The van der Waals surface area contributed by atoms with Crippen molar-refractivity contribution in [2.45, 2.75) is 13.5 Å². The molecule has 1 aliphatic heterocycles. The van der Waals surface area contributed by atoms with E-state index in [2.05, 4.69) is 6.92 Å². The standard InChI is InChI=1S/C13H19FN2/c1-2-15-6-8-16(9-7-15)11-12-4-3-5-13(14)10-12/h3-5,10H,2,6-9,11H2,1H3/p+2. The number of quaternary nitrogens is 2. The molecule has 0 aromatic heterocycles. The first-order valence-electron chi connectivity index (χ1n) is 6.19. The van der Waals surface area contributed by atoms with Crippen LogP contribution in [-0.4, -0.2) is 32.7 Å². The molecule has 0 amide bonds. The second-order valence-electron chi connectivity index (χ2n) is 4.66. The molecule has 0 aliphatic carbocycles. The number of nitrogens with one attached hydrogen (secondary N) is 2. The van der Waals surface area contributed by atoms with Crippen molar-refractivity contribution in [3.05, 3.63) is 35.6 Å². The van der Waals surface area contributed by atoms with Gasteiger partial charge in [0.05, 0.1) is 6.54 Å². The van der Waals surface area contributed by atoms with Gasteiger partial charge in [0.2, 0.25) is 0 Å². The molecule has 3 heteroatoms. The lowest BCUT2D eigenvalue weighted by molar-refractivity contribution is -1.02. The van der Waals surface area contributed by atoms with E-state index in [9.17, 15) is 4.39 Å². The third-order valence-electron chi connectivity index (χ3n) is 3.51. The molecule has 0 spiro atoms. The summed E-state index contributed by atoms with van der Waals surface area (Å²) in [5.41, 5.74) is 1.12. The van der Waals surface area contributed by atoms with Crippen molar-refractivity contribution in [1.29, 1.82) is 0 Å². The monoisotopic (exact) mass is 224 g/mol. The van der Waals surface area contributed by atoms with Crippen LogP contribution in [0.3, 0.4) is 0 Å². The van der Waals surface area contributed by atoms with Gasteiger partial charge >= 0.3 is 0 Å². The summed E-state index contributed by atoms with van der Waals surface area (Å²) in [6.45, 7) is 9.36. The second-order valence-corrected chi connectivity index (χ2v) is 4.66. The molecular formula is C13H21FN2+2. The molecule has 1 aliphatic rings. The van der Waals surface area contributed by atoms with Gasteiger partial charge in [-0.3, -0.25) is 0 Å². The van der Waals surface area contributed by atoms with Gasteiger partial charge in [-0.25, -0.2) is 4.39 Å². The van der Waals surface area contributed by atoms with E-state index in [0.29, 0.717) is 0 Å². The van der Waals surface area contributed by atoms with E-state index in [1.165, 1.54) is 38.8 Å². The molecule has 0 radical (unpaired) electrons. The first-order chi connectivity index (χ1) is 7.78. The Hall–Kier alpha value is -0.930. The second kappa shape index (κ2) is 5.41. The maximum absolute atomic E-state index is 13.0. The van der Waals surface area contributed by atoms with Gasteiger partial charge in [-0.15, -0.1) is 0 Å². The largest absolute Gasteiger partial charge is 0.326 e. The highest BCUT2D eigenvalue weighted by Gasteiger charge is 2.21. The summed E-state index contributed by atoms with van der Waals surface area (Å²) < 4.78 is 13.0. The molecule has 0 atom stereocenters. The number of benzene rings is 1. The molecule has 0 unspecified atom stereocenters. The summed E-state index contributed by atoms with van der Waals surface area (Å²) >= 11 is 0. The average Bonchev–Trinajstić information content (AvgIpc) is 2.30. The molecular weight excluding hydrogens is 203 g/mol. The first kappa shape index (κ1) is 11.6. The van der Waals surface area contributed by atoms with E-state index >= 15 is 0 Å². The van der Waals surface area contributed by atoms with Crippen LogP contribution in [0.4, 0.5) is 4.39 Å². The van der Waals surface area contributed by atoms with Crippen LogP contribution in [-0.2, 0) is 6.54 Å². The number of hydrogen-bond acceptors (Lipinski definition) is 0. The van der Waals surface area contributed by atoms with Crippen molar-refractivity contribution in [1.82, 2.24) is 0 Å². The highest BCUT2D eigenvalue weighted by Crippen LogP contribution is 2.01. The molecule has 1 saturated heterocycles. The minimum atomic E-state index is -0.116. The van der Waals surface area contributed by atoms with E-state index in [0.717, 1.165) is 12.1 Å². The third-order valence-corrected chi connectivity index (χ3v) is 3.51. The Morgan fingerprint density at radius 3 is 2.44 bits per heavy atom. The third kappa shape index (κ3) is 3.03. The van der Waals surface area contributed by atoms with Crippen LogP contribution in [0.5, 0.6) is 0 Å². The molecule has 0 bridgehead atoms. The maximum Gasteiger partial charge on any atom is 0.127 e. The lowest BCUT2D eigenvalue weighted by Gasteiger charge is -2.29. The van der Waals surface area contributed by atoms with Crippen molar-refractivity contribution in [3.8, 4) is 0 Å². The highest BCUT2D eigenvalue weighted by molar-refractivity contribution is 5.14. The van der Waals surface area contributed by atoms with E-state index in [1.807, 2.05) is 6.07 Å². The zero-order chi connectivity index (χ0) is 11.4. The lowest BCUT2D eigenvalue weighted by Crippen LogP contribution is -3.27. The van der Waals surface area contributed by atoms with E-state index in [1.54, 1.807) is 21.9 Å². The fourth-order valence-electron chi connectivity index (χ4n) is 2.42. The van der Waals surface area contributed by atoms with Crippen LogP contribution in [0.25, 0.3) is 0 Å². The van der Waals surface area contributed by atoms with Gasteiger partial charge in [-0.05, 0) is 19.1 Å². The summed E-state index contributed by atoms with van der Waals surface area (Å²) in [6.07, 6.45) is 0. The molecule has 1 aromatic carbocycles. The molecule has 0 saturated carbocycles. The van der Waals surface area contributed by atoms with Crippen molar-refractivity contribution in [3.63, 3.8) is 0 Å². The molecule has 2 rings (SSSR count). The van der Waals surface area contributed by atoms with Crippen LogP contribution in [0.15, 0.2) is 24.3 Å². The van der Waals surface area contributed by atoms with Gasteiger partial charge in [0.25, 0.3) is 0 Å². The zero-order valence-corrected chi connectivity index (χ0v) is 9.93. The number of likely N-dealkylation sites (N-methyl/N-ethyl adjacent to an activating group) is 1. The normalized spacial score (nSPS) is 25.6. The molecule has 88 valence electrons. The lowest BCUT2D eigenvalue weighted by atomic mass is 10.2. The first-order valence-corrected chi connectivity index (χ1v) is 6.19. The summed E-state index contributed by atoms with van der Waals surface area (Å²) in [5.74, 6) is -0.116. The SMILES string of the molecule is CC[NH+]1CC[NH+](Cc2cccc(F)c2)CC1. The topological polar surface area (TPSA) is 8.88 Å². The fraction of sp³-hybridized carbons (Fsp3) is 0.538.